The molecule has 0 aliphatic rings. The Morgan fingerprint density at radius 3 is 2.48 bits per heavy atom. The van der Waals surface area contributed by atoms with Crippen molar-refractivity contribution in [3.63, 3.8) is 0 Å². The number of carbonyl (C=O) groups is 1. The number of rotatable bonds is 2. The van der Waals surface area contributed by atoms with E-state index in [9.17, 15) is 18.0 Å². The summed E-state index contributed by atoms with van der Waals surface area (Å²) in [6.07, 6.45) is -4.46. The maximum atomic E-state index is 12.6. The molecule has 0 aliphatic heterocycles. The normalized spacial score (nSPS) is 11.3. The highest BCUT2D eigenvalue weighted by Gasteiger charge is 2.30. The molecule has 0 saturated carbocycles. The van der Waals surface area contributed by atoms with E-state index in [1.54, 1.807) is 12.1 Å². The van der Waals surface area contributed by atoms with Gasteiger partial charge in [0.1, 0.15) is 0 Å². The first kappa shape index (κ1) is 15.9. The molecule has 0 aromatic heterocycles. The molecule has 0 atom stereocenters. The van der Waals surface area contributed by atoms with E-state index in [-0.39, 0.29) is 16.3 Å². The van der Waals surface area contributed by atoms with Crippen LogP contribution in [0.25, 0.3) is 0 Å². The predicted octanol–water partition coefficient (Wildman–Crippen LogP) is 5.37. The Balaban J connectivity index is 2.26. The predicted molar refractivity (Wildman–Crippen MR) is 78.5 cm³/mol. The minimum absolute atomic E-state index is 0.0471. The molecular weight excluding hydrogens is 371 g/mol. The van der Waals surface area contributed by atoms with Gasteiger partial charge in [-0.25, -0.2) is 0 Å². The summed E-state index contributed by atoms with van der Waals surface area (Å²) < 4.78 is 38.3. The van der Waals surface area contributed by atoms with Gasteiger partial charge < -0.3 is 5.32 Å². The largest absolute Gasteiger partial charge is 0.416 e. The third kappa shape index (κ3) is 3.77. The zero-order chi connectivity index (χ0) is 15.6. The summed E-state index contributed by atoms with van der Waals surface area (Å²) in [4.78, 5) is 12.1. The lowest BCUT2D eigenvalue weighted by molar-refractivity contribution is -0.137. The maximum absolute atomic E-state index is 12.6. The molecule has 0 unspecified atom stereocenters. The Morgan fingerprint density at radius 1 is 1.14 bits per heavy atom. The van der Waals surface area contributed by atoms with Gasteiger partial charge in [-0.1, -0.05) is 23.7 Å². The lowest BCUT2D eigenvalue weighted by Crippen LogP contribution is -2.13. The molecule has 0 bridgehead atoms. The molecule has 2 aromatic carbocycles. The summed E-state index contributed by atoms with van der Waals surface area (Å²) in [5.74, 6) is -0.583. The molecule has 1 amide bonds. The SMILES string of the molecule is O=C(Nc1cccc(C(F)(F)F)c1)c1cccc(Br)c1Cl. The van der Waals surface area contributed by atoms with Crippen LogP contribution in [0.2, 0.25) is 5.02 Å². The highest BCUT2D eigenvalue weighted by Crippen LogP contribution is 2.31. The Bertz CT molecular complexity index is 688. The van der Waals surface area contributed by atoms with E-state index >= 15 is 0 Å². The number of hydrogen-bond acceptors (Lipinski definition) is 1. The van der Waals surface area contributed by atoms with Gasteiger partial charge in [-0.2, -0.15) is 13.2 Å². The van der Waals surface area contributed by atoms with Gasteiger partial charge in [0, 0.05) is 10.2 Å². The smallest absolute Gasteiger partial charge is 0.322 e. The topological polar surface area (TPSA) is 29.1 Å². The molecule has 0 heterocycles. The van der Waals surface area contributed by atoms with E-state index in [0.29, 0.717) is 4.47 Å². The first-order valence-corrected chi connectivity index (χ1v) is 6.89. The highest BCUT2D eigenvalue weighted by atomic mass is 79.9. The molecular formula is C14H8BrClF3NO. The zero-order valence-corrected chi connectivity index (χ0v) is 12.7. The summed E-state index contributed by atoms with van der Waals surface area (Å²) in [7, 11) is 0. The molecule has 1 N–H and O–H groups in total. The van der Waals surface area contributed by atoms with Crippen LogP contribution in [0.4, 0.5) is 18.9 Å². The average Bonchev–Trinajstić information content (AvgIpc) is 2.41. The van der Waals surface area contributed by atoms with Crippen LogP contribution in [0.5, 0.6) is 0 Å². The molecule has 110 valence electrons. The van der Waals surface area contributed by atoms with Crippen molar-refractivity contribution in [2.24, 2.45) is 0 Å². The van der Waals surface area contributed by atoms with Crippen LogP contribution in [-0.4, -0.2) is 5.91 Å². The molecule has 0 fully saturated rings. The van der Waals surface area contributed by atoms with Crippen molar-refractivity contribution in [1.82, 2.24) is 0 Å². The van der Waals surface area contributed by atoms with Crippen molar-refractivity contribution in [3.05, 3.63) is 63.1 Å². The number of alkyl halides is 3. The number of nitrogens with one attached hydrogen (secondary N) is 1. The number of anilines is 1. The van der Waals surface area contributed by atoms with Crippen molar-refractivity contribution < 1.29 is 18.0 Å². The van der Waals surface area contributed by atoms with Gasteiger partial charge in [0.25, 0.3) is 5.91 Å². The molecule has 0 radical (unpaired) electrons. The van der Waals surface area contributed by atoms with Crippen molar-refractivity contribution in [1.29, 1.82) is 0 Å². The van der Waals surface area contributed by atoms with Crippen LogP contribution in [-0.2, 0) is 6.18 Å². The van der Waals surface area contributed by atoms with Gasteiger partial charge in [-0.15, -0.1) is 0 Å². The Kier molecular flexibility index (Phi) is 4.58. The van der Waals surface area contributed by atoms with Crippen molar-refractivity contribution >= 4 is 39.1 Å². The molecule has 0 saturated heterocycles. The summed E-state index contributed by atoms with van der Waals surface area (Å²) in [6.45, 7) is 0. The van der Waals surface area contributed by atoms with Crippen LogP contribution in [0.15, 0.2) is 46.9 Å². The van der Waals surface area contributed by atoms with Gasteiger partial charge in [0.15, 0.2) is 0 Å². The van der Waals surface area contributed by atoms with Gasteiger partial charge in [0.05, 0.1) is 16.1 Å². The lowest BCUT2D eigenvalue weighted by atomic mass is 10.1. The number of hydrogen-bond donors (Lipinski definition) is 1. The zero-order valence-electron chi connectivity index (χ0n) is 10.3. The summed E-state index contributed by atoms with van der Waals surface area (Å²) in [6, 6.07) is 9.14. The molecule has 2 aromatic rings. The molecule has 0 spiro atoms. The van der Waals surface area contributed by atoms with Gasteiger partial charge in [-0.3, -0.25) is 4.79 Å². The van der Waals surface area contributed by atoms with Crippen LogP contribution < -0.4 is 5.32 Å². The number of halogens is 5. The molecule has 0 aliphatic carbocycles. The second-order valence-electron chi connectivity index (χ2n) is 4.13. The standard InChI is InChI=1S/C14H8BrClF3NO/c15-11-6-2-5-10(12(11)16)13(21)20-9-4-1-3-8(7-9)14(17,18)19/h1-7H,(H,20,21). The molecule has 7 heteroatoms. The monoisotopic (exact) mass is 377 g/mol. The van der Waals surface area contributed by atoms with E-state index in [0.717, 1.165) is 12.1 Å². The minimum atomic E-state index is -4.46. The fourth-order valence-corrected chi connectivity index (χ4v) is 2.23. The number of carbonyl (C=O) groups excluding carboxylic acids is 1. The second-order valence-corrected chi connectivity index (χ2v) is 5.37. The van der Waals surface area contributed by atoms with E-state index in [4.69, 9.17) is 11.6 Å². The fourth-order valence-electron chi connectivity index (χ4n) is 1.65. The minimum Gasteiger partial charge on any atom is -0.322 e. The molecule has 2 nitrogen and oxygen atoms in total. The van der Waals surface area contributed by atoms with E-state index < -0.39 is 17.6 Å². The summed E-state index contributed by atoms with van der Waals surface area (Å²) in [5, 5.41) is 2.59. The van der Waals surface area contributed by atoms with Crippen LogP contribution in [0.1, 0.15) is 15.9 Å². The van der Waals surface area contributed by atoms with Crippen LogP contribution in [0.3, 0.4) is 0 Å². The third-order valence-electron chi connectivity index (χ3n) is 2.64. The maximum Gasteiger partial charge on any atom is 0.416 e. The second kappa shape index (κ2) is 6.07. The quantitative estimate of drug-likeness (QED) is 0.747. The van der Waals surface area contributed by atoms with E-state index in [1.807, 2.05) is 0 Å². The Labute approximate surface area is 132 Å². The van der Waals surface area contributed by atoms with Crippen molar-refractivity contribution in [2.75, 3.05) is 5.32 Å². The number of benzene rings is 2. The van der Waals surface area contributed by atoms with Gasteiger partial charge in [0.2, 0.25) is 0 Å². The lowest BCUT2D eigenvalue weighted by Gasteiger charge is -2.10. The summed E-state index contributed by atoms with van der Waals surface area (Å²) >= 11 is 9.15. The average molecular weight is 379 g/mol. The fraction of sp³-hybridized carbons (Fsp3) is 0.0714. The summed E-state index contributed by atoms with van der Waals surface area (Å²) in [5.41, 5.74) is -0.616. The van der Waals surface area contributed by atoms with Gasteiger partial charge in [-0.05, 0) is 46.3 Å². The first-order chi connectivity index (χ1) is 9.79. The van der Waals surface area contributed by atoms with Gasteiger partial charge >= 0.3 is 6.18 Å². The van der Waals surface area contributed by atoms with Crippen LogP contribution in [0, 0.1) is 0 Å². The molecule has 21 heavy (non-hydrogen) atoms. The Morgan fingerprint density at radius 2 is 1.81 bits per heavy atom. The third-order valence-corrected chi connectivity index (χ3v) is 3.94. The van der Waals surface area contributed by atoms with Crippen LogP contribution >= 0.6 is 27.5 Å². The van der Waals surface area contributed by atoms with Crippen molar-refractivity contribution in [2.45, 2.75) is 6.18 Å². The Hall–Kier alpha value is -1.53. The number of amides is 1. The molecule has 2 rings (SSSR count). The van der Waals surface area contributed by atoms with E-state index in [2.05, 4.69) is 21.2 Å². The van der Waals surface area contributed by atoms with E-state index in [1.165, 1.54) is 18.2 Å². The van der Waals surface area contributed by atoms with Crippen molar-refractivity contribution in [3.8, 4) is 0 Å². The first-order valence-electron chi connectivity index (χ1n) is 5.71. The highest BCUT2D eigenvalue weighted by molar-refractivity contribution is 9.10.